The SMILES string of the molecule is [2H]C([2H])([2H])[N+]1=[C-]N(c2[c-]c(Oc3[c-]c4c(cc3)c3ccccc3n4-c3cc(C(C)(C)C)ccn3)ccc2)CC1.[Pt]. The van der Waals surface area contributed by atoms with Gasteiger partial charge < -0.3 is 18.8 Å². The summed E-state index contributed by atoms with van der Waals surface area (Å²) in [5.74, 6) is 1.88. The number of nitrogens with zero attached hydrogens (tertiary/aromatic N) is 4. The maximum Gasteiger partial charge on any atom is 0.135 e. The zero-order valence-corrected chi connectivity index (χ0v) is 23.1. The van der Waals surface area contributed by atoms with Crippen molar-refractivity contribution in [2.24, 2.45) is 0 Å². The van der Waals surface area contributed by atoms with Crippen molar-refractivity contribution in [3.05, 3.63) is 90.6 Å². The van der Waals surface area contributed by atoms with E-state index in [4.69, 9.17) is 13.8 Å². The molecule has 0 fully saturated rings. The van der Waals surface area contributed by atoms with Gasteiger partial charge >= 0.3 is 0 Å². The summed E-state index contributed by atoms with van der Waals surface area (Å²) < 4.78 is 32.5. The standard InChI is InChI=1S/C31H28N4O.Pt/c1-31(2,3)22-14-15-32-30(18-22)35-28-11-6-5-10-26(28)27-13-12-25(20-29(27)35)36-24-9-7-8-23(19-24)34-17-16-33(4)21-34;/h5-15,18H,16-17H2,1-4H3;/q-2;/i4D3;. The molecule has 0 unspecified atom stereocenters. The normalized spacial score (nSPS) is 15.2. The zero-order chi connectivity index (χ0) is 27.4. The van der Waals surface area contributed by atoms with Crippen LogP contribution in [-0.4, -0.2) is 40.5 Å². The minimum absolute atomic E-state index is 0. The van der Waals surface area contributed by atoms with Crippen LogP contribution in [-0.2, 0) is 26.5 Å². The van der Waals surface area contributed by atoms with Crippen molar-refractivity contribution in [2.75, 3.05) is 25.0 Å². The Bertz CT molecular complexity index is 1740. The van der Waals surface area contributed by atoms with Gasteiger partial charge in [0, 0.05) is 38.5 Å². The first-order valence-corrected chi connectivity index (χ1v) is 12.0. The minimum atomic E-state index is -2.22. The Morgan fingerprint density at radius 1 is 0.973 bits per heavy atom. The van der Waals surface area contributed by atoms with E-state index in [0.717, 1.165) is 27.6 Å². The van der Waals surface area contributed by atoms with Gasteiger partial charge in [0.05, 0.1) is 17.6 Å². The summed E-state index contributed by atoms with van der Waals surface area (Å²) in [5, 5.41) is 2.18. The van der Waals surface area contributed by atoms with Gasteiger partial charge in [0.15, 0.2) is 0 Å². The van der Waals surface area contributed by atoms with E-state index < -0.39 is 6.98 Å². The van der Waals surface area contributed by atoms with Gasteiger partial charge in [-0.2, -0.15) is 18.2 Å². The molecule has 0 saturated carbocycles. The first-order valence-electron chi connectivity index (χ1n) is 13.5. The molecule has 5 aromatic rings. The number of para-hydroxylation sites is 1. The molecule has 0 amide bonds. The van der Waals surface area contributed by atoms with Crippen LogP contribution in [0, 0.1) is 12.1 Å². The van der Waals surface area contributed by atoms with Crippen LogP contribution in [0.1, 0.15) is 30.4 Å². The predicted octanol–water partition coefficient (Wildman–Crippen LogP) is 6.23. The van der Waals surface area contributed by atoms with Crippen molar-refractivity contribution in [1.29, 1.82) is 0 Å². The molecule has 37 heavy (non-hydrogen) atoms. The summed E-state index contributed by atoms with van der Waals surface area (Å²) in [6.45, 7) is 5.25. The molecule has 5 nitrogen and oxygen atoms in total. The number of rotatable bonds is 4. The minimum Gasteiger partial charge on any atom is -0.511 e. The smallest absolute Gasteiger partial charge is 0.135 e. The van der Waals surface area contributed by atoms with Crippen molar-refractivity contribution in [3.8, 4) is 17.3 Å². The van der Waals surface area contributed by atoms with Crippen molar-refractivity contribution in [1.82, 2.24) is 9.55 Å². The molecule has 6 heteroatoms. The van der Waals surface area contributed by atoms with Gasteiger partial charge in [0.2, 0.25) is 0 Å². The molecule has 0 saturated heterocycles. The second-order valence-electron chi connectivity index (χ2n) is 10.00. The van der Waals surface area contributed by atoms with E-state index in [9.17, 15) is 0 Å². The molecule has 0 bridgehead atoms. The second-order valence-corrected chi connectivity index (χ2v) is 10.00. The first kappa shape index (κ1) is 21.6. The van der Waals surface area contributed by atoms with E-state index in [-0.39, 0.29) is 26.5 Å². The number of anilines is 1. The summed E-state index contributed by atoms with van der Waals surface area (Å²) in [6.07, 6.45) is 4.78. The number of likely N-dealkylation sites (N-methyl/N-ethyl adjacent to an activating group) is 1. The molecule has 1 aliphatic rings. The zero-order valence-electron chi connectivity index (χ0n) is 23.9. The summed E-state index contributed by atoms with van der Waals surface area (Å²) in [5.41, 5.74) is 3.80. The van der Waals surface area contributed by atoms with Crippen LogP contribution in [0.4, 0.5) is 5.69 Å². The number of fused-ring (bicyclic) bond motifs is 3. The Morgan fingerprint density at radius 2 is 1.81 bits per heavy atom. The number of aromatic nitrogens is 2. The molecule has 0 N–H and O–H groups in total. The van der Waals surface area contributed by atoms with Crippen LogP contribution in [0.5, 0.6) is 11.5 Å². The van der Waals surface area contributed by atoms with E-state index in [1.165, 1.54) is 10.1 Å². The number of hydrogen-bond donors (Lipinski definition) is 0. The monoisotopic (exact) mass is 670 g/mol. The third-order valence-corrected chi connectivity index (χ3v) is 6.45. The molecular weight excluding hydrogens is 639 g/mol. The Hall–Kier alpha value is -3.43. The maximum atomic E-state index is 7.62. The third-order valence-electron chi connectivity index (χ3n) is 6.45. The fourth-order valence-corrected chi connectivity index (χ4v) is 4.57. The predicted molar refractivity (Wildman–Crippen MR) is 145 cm³/mol. The average Bonchev–Trinajstić information content (AvgIpc) is 3.52. The molecule has 0 spiro atoms. The molecule has 1 aliphatic heterocycles. The van der Waals surface area contributed by atoms with Gasteiger partial charge in [-0.1, -0.05) is 44.5 Å². The molecule has 190 valence electrons. The molecule has 0 radical (unpaired) electrons. The number of pyridine rings is 1. The van der Waals surface area contributed by atoms with Gasteiger partial charge in [0.25, 0.3) is 0 Å². The van der Waals surface area contributed by atoms with Crippen molar-refractivity contribution >= 4 is 33.8 Å². The van der Waals surface area contributed by atoms with Crippen LogP contribution < -0.4 is 9.64 Å². The Balaban J connectivity index is 0.00000323. The quantitative estimate of drug-likeness (QED) is 0.168. The number of ether oxygens (including phenoxy) is 1. The van der Waals surface area contributed by atoms with Gasteiger partial charge in [-0.3, -0.25) is 0 Å². The average molecular weight is 671 g/mol. The van der Waals surface area contributed by atoms with Crippen LogP contribution in [0.15, 0.2) is 72.9 Å². The van der Waals surface area contributed by atoms with E-state index >= 15 is 0 Å². The largest absolute Gasteiger partial charge is 0.511 e. The summed E-state index contributed by atoms with van der Waals surface area (Å²) >= 11 is 0. The fourth-order valence-electron chi connectivity index (χ4n) is 4.57. The van der Waals surface area contributed by atoms with Gasteiger partial charge in [-0.05, 0) is 40.3 Å². The number of benzene rings is 3. The van der Waals surface area contributed by atoms with Crippen molar-refractivity contribution in [2.45, 2.75) is 26.2 Å². The maximum absolute atomic E-state index is 7.62. The molecule has 6 rings (SSSR count). The van der Waals surface area contributed by atoms with Crippen LogP contribution in [0.25, 0.3) is 27.6 Å². The molecule has 0 aliphatic carbocycles. The number of hydrogen-bond acceptors (Lipinski definition) is 3. The summed E-state index contributed by atoms with van der Waals surface area (Å²) in [6, 6.07) is 28.7. The topological polar surface area (TPSA) is 33.3 Å². The molecular formula is C31H28N4OPt-2. The molecule has 0 atom stereocenters. The van der Waals surface area contributed by atoms with E-state index in [1.54, 1.807) is 4.90 Å². The summed E-state index contributed by atoms with van der Waals surface area (Å²) in [7, 11) is 0. The van der Waals surface area contributed by atoms with Crippen LogP contribution in [0.3, 0.4) is 0 Å². The van der Waals surface area contributed by atoms with E-state index in [0.29, 0.717) is 30.3 Å². The first-order chi connectivity index (χ1) is 18.6. The van der Waals surface area contributed by atoms with Gasteiger partial charge in [0.1, 0.15) is 18.7 Å². The van der Waals surface area contributed by atoms with Crippen LogP contribution >= 0.6 is 0 Å². The van der Waals surface area contributed by atoms with Crippen LogP contribution in [0.2, 0.25) is 0 Å². The fraction of sp³-hybridized carbons (Fsp3) is 0.226. The molecule has 3 heterocycles. The second kappa shape index (κ2) is 9.79. The van der Waals surface area contributed by atoms with E-state index in [1.807, 2.05) is 48.7 Å². The van der Waals surface area contributed by atoms with Crippen molar-refractivity contribution in [3.63, 3.8) is 0 Å². The summed E-state index contributed by atoms with van der Waals surface area (Å²) in [4.78, 5) is 6.48. The Kier molecular flexibility index (Phi) is 5.73. The van der Waals surface area contributed by atoms with Gasteiger partial charge in [-0.25, -0.2) is 11.1 Å². The third kappa shape index (κ3) is 4.81. The molecule has 2 aromatic heterocycles. The van der Waals surface area contributed by atoms with Crippen molar-refractivity contribution < 1.29 is 34.5 Å². The van der Waals surface area contributed by atoms with E-state index in [2.05, 4.69) is 68.1 Å². The Labute approximate surface area is 236 Å². The molecule has 3 aromatic carbocycles. The Morgan fingerprint density at radius 3 is 2.62 bits per heavy atom. The van der Waals surface area contributed by atoms with Gasteiger partial charge in [-0.15, -0.1) is 29.3 Å².